The molecule has 0 aromatic rings. The summed E-state index contributed by atoms with van der Waals surface area (Å²) in [6, 6.07) is 0. The van der Waals surface area contributed by atoms with Crippen LogP contribution in [-0.2, 0) is 0 Å². The maximum absolute atomic E-state index is 10.3. The van der Waals surface area contributed by atoms with Gasteiger partial charge in [-0.15, -0.1) is 0 Å². The third-order valence-corrected chi connectivity index (χ3v) is 3.26. The molecular weight excluding hydrogens is 188 g/mol. The predicted octanol–water partition coefficient (Wildman–Crippen LogP) is 1.08. The van der Waals surface area contributed by atoms with Crippen LogP contribution in [0.25, 0.3) is 0 Å². The molecule has 2 atom stereocenters. The summed E-state index contributed by atoms with van der Waals surface area (Å²) in [5.74, 6) is 0.680. The fourth-order valence-corrected chi connectivity index (χ4v) is 2.42. The third kappa shape index (κ3) is 4.96. The van der Waals surface area contributed by atoms with E-state index in [1.54, 1.807) is 0 Å². The third-order valence-electron chi connectivity index (χ3n) is 3.26. The monoisotopic (exact) mass is 214 g/mol. The zero-order valence-electron chi connectivity index (χ0n) is 10.4. The Morgan fingerprint density at radius 2 is 2.20 bits per heavy atom. The highest BCUT2D eigenvalue weighted by atomic mass is 16.3. The van der Waals surface area contributed by atoms with Gasteiger partial charge in [0.15, 0.2) is 0 Å². The van der Waals surface area contributed by atoms with Crippen molar-refractivity contribution in [2.24, 2.45) is 5.92 Å². The van der Waals surface area contributed by atoms with Crippen LogP contribution in [0.3, 0.4) is 0 Å². The number of nitrogens with zero attached hydrogens (tertiary/aromatic N) is 1. The van der Waals surface area contributed by atoms with Crippen molar-refractivity contribution in [3.63, 3.8) is 0 Å². The standard InChI is InChI=1S/C12H26N2O/c1-11-5-4-6-12(15,9-11)10-13-7-8-14(2)3/h11,13,15H,4-10H2,1-3H3. The van der Waals surface area contributed by atoms with Gasteiger partial charge >= 0.3 is 0 Å². The SMILES string of the molecule is CC1CCCC(O)(CNCCN(C)C)C1. The van der Waals surface area contributed by atoms with E-state index in [9.17, 15) is 5.11 Å². The first kappa shape index (κ1) is 12.9. The van der Waals surface area contributed by atoms with Crippen LogP contribution in [-0.4, -0.2) is 49.3 Å². The van der Waals surface area contributed by atoms with E-state index < -0.39 is 5.60 Å². The minimum Gasteiger partial charge on any atom is -0.389 e. The summed E-state index contributed by atoms with van der Waals surface area (Å²) in [5.41, 5.74) is -0.440. The lowest BCUT2D eigenvalue weighted by Gasteiger charge is -2.35. The van der Waals surface area contributed by atoms with Gasteiger partial charge in [0.05, 0.1) is 5.60 Å². The lowest BCUT2D eigenvalue weighted by atomic mass is 9.79. The van der Waals surface area contributed by atoms with E-state index in [0.717, 1.165) is 32.5 Å². The molecule has 0 spiro atoms. The quantitative estimate of drug-likeness (QED) is 0.672. The van der Waals surface area contributed by atoms with Crippen molar-refractivity contribution in [1.82, 2.24) is 10.2 Å². The van der Waals surface area contributed by atoms with E-state index in [2.05, 4.69) is 31.2 Å². The van der Waals surface area contributed by atoms with Crippen LogP contribution in [0, 0.1) is 5.92 Å². The summed E-state index contributed by atoms with van der Waals surface area (Å²) in [5, 5.41) is 13.7. The molecule has 1 rings (SSSR count). The lowest BCUT2D eigenvalue weighted by molar-refractivity contribution is -0.0117. The molecule has 0 heterocycles. The number of likely N-dealkylation sites (N-methyl/N-ethyl adjacent to an activating group) is 1. The van der Waals surface area contributed by atoms with Gasteiger partial charge in [-0.2, -0.15) is 0 Å². The van der Waals surface area contributed by atoms with Crippen LogP contribution in [0.5, 0.6) is 0 Å². The number of rotatable bonds is 5. The lowest BCUT2D eigenvalue weighted by Crippen LogP contribution is -2.45. The molecule has 1 fully saturated rings. The van der Waals surface area contributed by atoms with E-state index in [1.807, 2.05) is 0 Å². The average Bonchev–Trinajstić information content (AvgIpc) is 2.12. The Balaban J connectivity index is 2.18. The highest BCUT2D eigenvalue weighted by Crippen LogP contribution is 2.31. The summed E-state index contributed by atoms with van der Waals surface area (Å²) in [7, 11) is 4.14. The average molecular weight is 214 g/mol. The topological polar surface area (TPSA) is 35.5 Å². The van der Waals surface area contributed by atoms with Crippen molar-refractivity contribution in [3.8, 4) is 0 Å². The van der Waals surface area contributed by atoms with Gasteiger partial charge in [-0.1, -0.05) is 19.8 Å². The molecule has 0 aromatic heterocycles. The van der Waals surface area contributed by atoms with Gasteiger partial charge in [0.25, 0.3) is 0 Å². The molecule has 2 unspecified atom stereocenters. The molecule has 0 aliphatic heterocycles. The van der Waals surface area contributed by atoms with Crippen molar-refractivity contribution in [2.75, 3.05) is 33.7 Å². The smallest absolute Gasteiger partial charge is 0.0774 e. The van der Waals surface area contributed by atoms with Gasteiger partial charge in [-0.05, 0) is 32.9 Å². The first-order chi connectivity index (χ1) is 7.02. The van der Waals surface area contributed by atoms with Gasteiger partial charge < -0.3 is 15.3 Å². The van der Waals surface area contributed by atoms with Gasteiger partial charge in [0.2, 0.25) is 0 Å². The molecule has 90 valence electrons. The summed E-state index contributed by atoms with van der Waals surface area (Å²) < 4.78 is 0. The van der Waals surface area contributed by atoms with E-state index in [0.29, 0.717) is 5.92 Å². The number of aliphatic hydroxyl groups is 1. The number of hydrogen-bond donors (Lipinski definition) is 2. The largest absolute Gasteiger partial charge is 0.389 e. The van der Waals surface area contributed by atoms with E-state index in [4.69, 9.17) is 0 Å². The fourth-order valence-electron chi connectivity index (χ4n) is 2.42. The molecule has 3 heteroatoms. The molecule has 0 radical (unpaired) electrons. The van der Waals surface area contributed by atoms with Crippen LogP contribution in [0.1, 0.15) is 32.6 Å². The molecule has 2 N–H and O–H groups in total. The maximum Gasteiger partial charge on any atom is 0.0774 e. The van der Waals surface area contributed by atoms with Crippen LogP contribution in [0.2, 0.25) is 0 Å². The second-order valence-corrected chi connectivity index (χ2v) is 5.41. The first-order valence-electron chi connectivity index (χ1n) is 6.10. The second-order valence-electron chi connectivity index (χ2n) is 5.41. The Labute approximate surface area is 93.9 Å². The van der Waals surface area contributed by atoms with Gasteiger partial charge in [-0.3, -0.25) is 0 Å². The van der Waals surface area contributed by atoms with Crippen LogP contribution < -0.4 is 5.32 Å². The number of nitrogens with one attached hydrogen (secondary N) is 1. The summed E-state index contributed by atoms with van der Waals surface area (Å²) >= 11 is 0. The molecule has 0 bridgehead atoms. The second kappa shape index (κ2) is 5.83. The zero-order valence-corrected chi connectivity index (χ0v) is 10.4. The Morgan fingerprint density at radius 3 is 2.80 bits per heavy atom. The van der Waals surface area contributed by atoms with Crippen molar-refractivity contribution in [1.29, 1.82) is 0 Å². The Kier molecular flexibility index (Phi) is 5.03. The predicted molar refractivity (Wildman–Crippen MR) is 64.0 cm³/mol. The van der Waals surface area contributed by atoms with Crippen LogP contribution >= 0.6 is 0 Å². The Bertz CT molecular complexity index is 184. The van der Waals surface area contributed by atoms with Crippen molar-refractivity contribution in [3.05, 3.63) is 0 Å². The van der Waals surface area contributed by atoms with E-state index in [-0.39, 0.29) is 0 Å². The van der Waals surface area contributed by atoms with E-state index in [1.165, 1.54) is 12.8 Å². The van der Waals surface area contributed by atoms with Crippen LogP contribution in [0.4, 0.5) is 0 Å². The zero-order chi connectivity index (χ0) is 11.3. The van der Waals surface area contributed by atoms with Crippen molar-refractivity contribution < 1.29 is 5.11 Å². The van der Waals surface area contributed by atoms with Crippen molar-refractivity contribution >= 4 is 0 Å². The highest BCUT2D eigenvalue weighted by Gasteiger charge is 2.31. The molecule has 3 nitrogen and oxygen atoms in total. The van der Waals surface area contributed by atoms with E-state index >= 15 is 0 Å². The Hall–Kier alpha value is -0.120. The highest BCUT2D eigenvalue weighted by molar-refractivity contribution is 4.86. The Morgan fingerprint density at radius 1 is 1.47 bits per heavy atom. The van der Waals surface area contributed by atoms with Gasteiger partial charge in [-0.25, -0.2) is 0 Å². The molecule has 0 aromatic carbocycles. The van der Waals surface area contributed by atoms with Crippen LogP contribution in [0.15, 0.2) is 0 Å². The van der Waals surface area contributed by atoms with Gasteiger partial charge in [0, 0.05) is 19.6 Å². The normalized spacial score (nSPS) is 32.2. The molecule has 0 amide bonds. The summed E-state index contributed by atoms with van der Waals surface area (Å²) in [4.78, 5) is 2.15. The fraction of sp³-hybridized carbons (Fsp3) is 1.00. The minimum atomic E-state index is -0.440. The number of hydrogen-bond acceptors (Lipinski definition) is 3. The van der Waals surface area contributed by atoms with Crippen molar-refractivity contribution in [2.45, 2.75) is 38.2 Å². The molecule has 1 aliphatic carbocycles. The van der Waals surface area contributed by atoms with Gasteiger partial charge in [0.1, 0.15) is 0 Å². The minimum absolute atomic E-state index is 0.440. The molecule has 1 saturated carbocycles. The molecule has 15 heavy (non-hydrogen) atoms. The molecule has 0 saturated heterocycles. The summed E-state index contributed by atoms with van der Waals surface area (Å²) in [6.07, 6.45) is 4.38. The molecule has 1 aliphatic rings. The first-order valence-corrected chi connectivity index (χ1v) is 6.10. The molecular formula is C12H26N2O. The summed E-state index contributed by atoms with van der Waals surface area (Å²) in [6.45, 7) is 4.99. The maximum atomic E-state index is 10.3.